The van der Waals surface area contributed by atoms with Crippen molar-refractivity contribution in [2.75, 3.05) is 0 Å². The molecule has 0 saturated carbocycles. The highest BCUT2D eigenvalue weighted by atomic mass is 32.1. The summed E-state index contributed by atoms with van der Waals surface area (Å²) in [4.78, 5) is 32.5. The molecule has 0 radical (unpaired) electrons. The molecular weight excluding hydrogens is 348 g/mol. The number of nitrogens with one attached hydrogen (secondary N) is 3. The van der Waals surface area contributed by atoms with Crippen molar-refractivity contribution in [2.45, 2.75) is 25.9 Å². The molecule has 2 aromatic heterocycles. The highest BCUT2D eigenvalue weighted by molar-refractivity contribution is 7.12. The lowest BCUT2D eigenvalue weighted by Crippen LogP contribution is -2.45. The third kappa shape index (κ3) is 4.18. The van der Waals surface area contributed by atoms with Crippen molar-refractivity contribution in [3.63, 3.8) is 0 Å². The van der Waals surface area contributed by atoms with E-state index in [2.05, 4.69) is 20.6 Å². The molecule has 2 heterocycles. The van der Waals surface area contributed by atoms with Crippen molar-refractivity contribution in [3.05, 3.63) is 64.7 Å². The Morgan fingerprint density at radius 3 is 2.54 bits per heavy atom. The van der Waals surface area contributed by atoms with E-state index >= 15 is 0 Å². The average molecular weight is 368 g/mol. The van der Waals surface area contributed by atoms with Crippen molar-refractivity contribution in [1.29, 1.82) is 0 Å². The Bertz CT molecular complexity index is 874. The van der Waals surface area contributed by atoms with E-state index in [1.165, 1.54) is 11.3 Å². The zero-order valence-corrected chi connectivity index (χ0v) is 15.3. The highest BCUT2D eigenvalue weighted by Gasteiger charge is 2.20. The van der Waals surface area contributed by atoms with Crippen molar-refractivity contribution < 1.29 is 9.59 Å². The van der Waals surface area contributed by atoms with Gasteiger partial charge in [0.2, 0.25) is 5.91 Å². The highest BCUT2D eigenvalue weighted by Crippen LogP contribution is 2.18. The van der Waals surface area contributed by atoms with Crippen LogP contribution in [0.25, 0.3) is 11.3 Å². The maximum Gasteiger partial charge on any atom is 0.261 e. The molecule has 0 spiro atoms. The summed E-state index contributed by atoms with van der Waals surface area (Å²) in [6, 6.07) is 12.4. The normalized spacial score (nSPS) is 13.0. The number of carbonyl (C=O) groups is 2. The Kier molecular flexibility index (Phi) is 5.48. The van der Waals surface area contributed by atoms with E-state index in [9.17, 15) is 9.59 Å². The number of aromatic amines is 1. The zero-order chi connectivity index (χ0) is 18.5. The summed E-state index contributed by atoms with van der Waals surface area (Å²) < 4.78 is 0. The third-order valence-corrected chi connectivity index (χ3v) is 4.80. The van der Waals surface area contributed by atoms with Crippen LogP contribution in [0.2, 0.25) is 0 Å². The average Bonchev–Trinajstić information content (AvgIpc) is 3.34. The maximum absolute atomic E-state index is 12.3. The van der Waals surface area contributed by atoms with Crippen LogP contribution in [0.1, 0.15) is 35.4 Å². The van der Waals surface area contributed by atoms with Crippen molar-refractivity contribution in [3.8, 4) is 11.3 Å². The van der Waals surface area contributed by atoms with Gasteiger partial charge in [0.25, 0.3) is 5.91 Å². The molecule has 2 amide bonds. The Morgan fingerprint density at radius 1 is 1.08 bits per heavy atom. The second-order valence-corrected chi connectivity index (χ2v) is 6.90. The van der Waals surface area contributed by atoms with Gasteiger partial charge >= 0.3 is 0 Å². The number of amides is 2. The number of hydrogen-bond acceptors (Lipinski definition) is 4. The molecule has 3 rings (SSSR count). The molecule has 3 N–H and O–H groups in total. The molecule has 26 heavy (non-hydrogen) atoms. The summed E-state index contributed by atoms with van der Waals surface area (Å²) in [5.74, 6) is 0.147. The Morgan fingerprint density at radius 2 is 1.85 bits per heavy atom. The molecule has 6 nitrogen and oxygen atoms in total. The lowest BCUT2D eigenvalue weighted by molar-refractivity contribution is -0.123. The first kappa shape index (κ1) is 17.9. The van der Waals surface area contributed by atoms with Gasteiger partial charge in [-0.3, -0.25) is 9.59 Å². The number of benzene rings is 1. The molecule has 0 bridgehead atoms. The molecule has 0 unspecified atom stereocenters. The Balaban J connectivity index is 1.59. The second-order valence-electron chi connectivity index (χ2n) is 5.95. The van der Waals surface area contributed by atoms with Gasteiger partial charge in [-0.25, -0.2) is 4.98 Å². The van der Waals surface area contributed by atoms with Crippen LogP contribution in [0.4, 0.5) is 0 Å². The summed E-state index contributed by atoms with van der Waals surface area (Å²) in [5.41, 5.74) is 1.92. The van der Waals surface area contributed by atoms with E-state index in [0.717, 1.165) is 11.3 Å². The van der Waals surface area contributed by atoms with Crippen LogP contribution in [0.3, 0.4) is 0 Å². The molecule has 0 fully saturated rings. The van der Waals surface area contributed by atoms with Gasteiger partial charge in [0, 0.05) is 0 Å². The van der Waals surface area contributed by atoms with Gasteiger partial charge < -0.3 is 15.6 Å². The fraction of sp³-hybridized carbons (Fsp3) is 0.211. The molecule has 0 aliphatic rings. The summed E-state index contributed by atoms with van der Waals surface area (Å²) in [6.45, 7) is 3.50. The number of thiophene rings is 1. The summed E-state index contributed by atoms with van der Waals surface area (Å²) in [6.07, 6.45) is 1.75. The first-order valence-corrected chi connectivity index (χ1v) is 9.17. The first-order chi connectivity index (χ1) is 12.5. The zero-order valence-electron chi connectivity index (χ0n) is 14.5. The van der Waals surface area contributed by atoms with E-state index in [1.54, 1.807) is 25.3 Å². The number of hydrogen-bond donors (Lipinski definition) is 3. The van der Waals surface area contributed by atoms with Crippen molar-refractivity contribution in [1.82, 2.24) is 20.6 Å². The molecule has 2 atom stereocenters. The van der Waals surface area contributed by atoms with E-state index in [0.29, 0.717) is 10.7 Å². The summed E-state index contributed by atoms with van der Waals surface area (Å²) in [5, 5.41) is 7.39. The fourth-order valence-corrected chi connectivity index (χ4v) is 3.10. The van der Waals surface area contributed by atoms with Crippen LogP contribution >= 0.6 is 11.3 Å². The first-order valence-electron chi connectivity index (χ1n) is 8.29. The van der Waals surface area contributed by atoms with E-state index in [-0.39, 0.29) is 17.9 Å². The number of rotatable bonds is 6. The fourth-order valence-electron chi connectivity index (χ4n) is 2.47. The Hall–Kier alpha value is -2.93. The molecule has 0 aliphatic carbocycles. The number of H-pyrrole nitrogens is 1. The molecule has 7 heteroatoms. The van der Waals surface area contributed by atoms with Crippen molar-refractivity contribution in [2.24, 2.45) is 0 Å². The van der Waals surface area contributed by atoms with Gasteiger partial charge in [-0.15, -0.1) is 11.3 Å². The number of carbonyl (C=O) groups excluding carboxylic acids is 2. The number of nitrogens with zero attached hydrogens (tertiary/aromatic N) is 1. The van der Waals surface area contributed by atoms with Crippen LogP contribution < -0.4 is 10.6 Å². The predicted molar refractivity (Wildman–Crippen MR) is 102 cm³/mol. The maximum atomic E-state index is 12.3. The van der Waals surface area contributed by atoms with E-state index < -0.39 is 6.04 Å². The topological polar surface area (TPSA) is 86.9 Å². The molecular formula is C19H20N4O2S. The van der Waals surface area contributed by atoms with Crippen molar-refractivity contribution >= 4 is 23.2 Å². The largest absolute Gasteiger partial charge is 0.345 e. The van der Waals surface area contributed by atoms with Crippen LogP contribution in [0.15, 0.2) is 54.0 Å². The standard InChI is InChI=1S/C19H20N4O2S/c1-12(17-20-11-15(23-17)14-7-4-3-5-8-14)21-18(24)13(2)22-19(25)16-9-6-10-26-16/h3-13H,1-2H3,(H,20,23)(H,21,24)(H,22,25)/t12-,13-/m0/s1. The van der Waals surface area contributed by atoms with Crippen LogP contribution in [-0.2, 0) is 4.79 Å². The van der Waals surface area contributed by atoms with Gasteiger partial charge in [-0.1, -0.05) is 36.4 Å². The van der Waals surface area contributed by atoms with Crippen LogP contribution in [-0.4, -0.2) is 27.8 Å². The van der Waals surface area contributed by atoms with E-state index in [4.69, 9.17) is 0 Å². The second kappa shape index (κ2) is 7.97. The quantitative estimate of drug-likeness (QED) is 0.625. The monoisotopic (exact) mass is 368 g/mol. The summed E-state index contributed by atoms with van der Waals surface area (Å²) in [7, 11) is 0. The molecule has 3 aromatic rings. The predicted octanol–water partition coefficient (Wildman–Crippen LogP) is 3.13. The number of imidazole rings is 1. The Labute approximate surface area is 155 Å². The van der Waals surface area contributed by atoms with Gasteiger partial charge in [-0.2, -0.15) is 0 Å². The third-order valence-electron chi connectivity index (χ3n) is 3.94. The van der Waals surface area contributed by atoms with E-state index in [1.807, 2.05) is 42.6 Å². The minimum Gasteiger partial charge on any atom is -0.345 e. The lowest BCUT2D eigenvalue weighted by atomic mass is 10.2. The molecule has 0 aliphatic heterocycles. The van der Waals surface area contributed by atoms with Crippen LogP contribution in [0.5, 0.6) is 0 Å². The molecule has 134 valence electrons. The molecule has 1 aromatic carbocycles. The van der Waals surface area contributed by atoms with Gasteiger partial charge in [0.1, 0.15) is 11.9 Å². The SMILES string of the molecule is C[C@H](NC(=O)c1cccs1)C(=O)N[C@@H](C)c1ncc(-c2ccccc2)[nH]1. The molecule has 0 saturated heterocycles. The van der Waals surface area contributed by atoms with Gasteiger partial charge in [0.05, 0.1) is 22.8 Å². The van der Waals surface area contributed by atoms with Crippen LogP contribution in [0, 0.1) is 0 Å². The minimum atomic E-state index is -0.643. The number of aromatic nitrogens is 2. The van der Waals surface area contributed by atoms with Gasteiger partial charge in [0.15, 0.2) is 0 Å². The lowest BCUT2D eigenvalue weighted by Gasteiger charge is -2.17. The minimum absolute atomic E-state index is 0.250. The summed E-state index contributed by atoms with van der Waals surface area (Å²) >= 11 is 1.34. The smallest absolute Gasteiger partial charge is 0.261 e. The van der Waals surface area contributed by atoms with Gasteiger partial charge in [-0.05, 0) is 30.9 Å².